The molecule has 0 spiro atoms. The Bertz CT molecular complexity index is 2350. The zero-order valence-corrected chi connectivity index (χ0v) is 22.2. The van der Waals surface area contributed by atoms with Gasteiger partial charge in [0.15, 0.2) is 5.58 Å². The lowest BCUT2D eigenvalue weighted by Crippen LogP contribution is -1.95. The maximum atomic E-state index is 6.37. The third-order valence-corrected chi connectivity index (χ3v) is 8.44. The molecule has 1 atom stereocenters. The maximum absolute atomic E-state index is 6.37. The Morgan fingerprint density at radius 2 is 1.46 bits per heavy atom. The number of aromatic nitrogens is 3. The molecule has 1 aliphatic rings. The van der Waals surface area contributed by atoms with E-state index >= 15 is 0 Å². The molecule has 0 saturated heterocycles. The van der Waals surface area contributed by atoms with E-state index in [4.69, 9.17) is 9.40 Å². The highest BCUT2D eigenvalue weighted by Gasteiger charge is 2.20. The zero-order valence-electron chi connectivity index (χ0n) is 22.2. The Kier molecular flexibility index (Phi) is 4.70. The lowest BCUT2D eigenvalue weighted by molar-refractivity contribution is 0.505. The molecule has 4 heteroatoms. The van der Waals surface area contributed by atoms with E-state index in [0.29, 0.717) is 0 Å². The molecular formula is C37H25N3O. The number of H-pyrrole nitrogens is 1. The Morgan fingerprint density at radius 3 is 2.34 bits per heavy atom. The number of allylic oxidation sites excluding steroid dienone is 4. The van der Waals surface area contributed by atoms with Crippen molar-refractivity contribution in [1.29, 1.82) is 0 Å². The molecule has 0 bridgehead atoms. The average molecular weight is 528 g/mol. The molecule has 9 rings (SSSR count). The highest BCUT2D eigenvalue weighted by atomic mass is 16.3. The minimum atomic E-state index is 0.172. The van der Waals surface area contributed by atoms with E-state index < -0.39 is 0 Å². The van der Waals surface area contributed by atoms with Crippen LogP contribution in [0.1, 0.15) is 18.2 Å². The highest BCUT2D eigenvalue weighted by Crippen LogP contribution is 2.39. The van der Waals surface area contributed by atoms with Crippen molar-refractivity contribution < 1.29 is 4.42 Å². The van der Waals surface area contributed by atoms with Gasteiger partial charge in [0, 0.05) is 38.3 Å². The first kappa shape index (κ1) is 22.5. The monoisotopic (exact) mass is 527 g/mol. The standard InChI is InChI=1S/C37H25N3O/c1-3-9-23(10-4-1)37-39-33-22-35-30(21-36(33)41-37)29-20-25(16-18-34(29)40(35)26-11-5-2-6-12-26)24-15-17-32-28(19-24)27-13-7-8-14-31(27)38-32/h1-9,11-23,38H,10H2. The van der Waals surface area contributed by atoms with Crippen molar-refractivity contribution in [2.45, 2.75) is 12.3 Å². The SMILES string of the molecule is C1=CCC(c2nc3cc4c(cc3o2)c2cc(-c3ccc5[nH]c6ccccc6c5c3)ccc2n4-c2ccccc2)C=C1. The minimum Gasteiger partial charge on any atom is -0.440 e. The summed E-state index contributed by atoms with van der Waals surface area (Å²) in [6.45, 7) is 0. The number of nitrogens with one attached hydrogen (secondary N) is 1. The van der Waals surface area contributed by atoms with Gasteiger partial charge in [-0.1, -0.05) is 72.8 Å². The summed E-state index contributed by atoms with van der Waals surface area (Å²) in [7, 11) is 0. The zero-order chi connectivity index (χ0) is 26.9. The second-order valence-corrected chi connectivity index (χ2v) is 10.9. The van der Waals surface area contributed by atoms with Crippen molar-refractivity contribution in [3.8, 4) is 16.8 Å². The van der Waals surface area contributed by atoms with Gasteiger partial charge in [-0.3, -0.25) is 0 Å². The first-order valence-corrected chi connectivity index (χ1v) is 14.1. The molecule has 0 saturated carbocycles. The Hall–Kier alpha value is -5.35. The molecule has 0 fully saturated rings. The molecule has 3 heterocycles. The van der Waals surface area contributed by atoms with Crippen molar-refractivity contribution in [3.63, 3.8) is 0 Å². The molecule has 1 unspecified atom stereocenters. The molecule has 1 N–H and O–H groups in total. The first-order chi connectivity index (χ1) is 20.3. The van der Waals surface area contributed by atoms with Gasteiger partial charge in [-0.15, -0.1) is 0 Å². The van der Waals surface area contributed by atoms with E-state index in [1.165, 1.54) is 27.3 Å². The van der Waals surface area contributed by atoms with Gasteiger partial charge in [0.05, 0.1) is 17.0 Å². The number of aromatic amines is 1. The lowest BCUT2D eigenvalue weighted by atomic mass is 10.0. The van der Waals surface area contributed by atoms with Crippen LogP contribution >= 0.6 is 0 Å². The number of rotatable bonds is 3. The summed E-state index contributed by atoms with van der Waals surface area (Å²) in [4.78, 5) is 8.48. The summed E-state index contributed by atoms with van der Waals surface area (Å²) in [6.07, 6.45) is 9.40. The van der Waals surface area contributed by atoms with Crippen LogP contribution in [0.15, 0.2) is 132 Å². The van der Waals surface area contributed by atoms with E-state index in [0.717, 1.165) is 56.6 Å². The van der Waals surface area contributed by atoms with Gasteiger partial charge in [0.25, 0.3) is 0 Å². The second-order valence-electron chi connectivity index (χ2n) is 10.9. The van der Waals surface area contributed by atoms with Crippen LogP contribution in [0, 0.1) is 0 Å². The maximum Gasteiger partial charge on any atom is 0.202 e. The van der Waals surface area contributed by atoms with E-state index in [1.54, 1.807) is 0 Å². The number of benzene rings is 5. The predicted octanol–water partition coefficient (Wildman–Crippen LogP) is 9.83. The largest absolute Gasteiger partial charge is 0.440 e. The van der Waals surface area contributed by atoms with Gasteiger partial charge in [-0.05, 0) is 72.1 Å². The second kappa shape index (κ2) is 8.57. The van der Waals surface area contributed by atoms with Gasteiger partial charge in [0.1, 0.15) is 5.52 Å². The molecule has 5 aromatic carbocycles. The fraction of sp³-hybridized carbons (Fsp3) is 0.0541. The van der Waals surface area contributed by atoms with Crippen LogP contribution in [-0.4, -0.2) is 14.5 Å². The molecule has 194 valence electrons. The van der Waals surface area contributed by atoms with Gasteiger partial charge in [0.2, 0.25) is 5.89 Å². The summed E-state index contributed by atoms with van der Waals surface area (Å²) in [5.74, 6) is 0.947. The van der Waals surface area contributed by atoms with Gasteiger partial charge in [-0.2, -0.15) is 0 Å². The topological polar surface area (TPSA) is 46.8 Å². The number of para-hydroxylation sites is 2. The minimum absolute atomic E-state index is 0.172. The Balaban J connectivity index is 1.28. The smallest absolute Gasteiger partial charge is 0.202 e. The van der Waals surface area contributed by atoms with Gasteiger partial charge in [-0.25, -0.2) is 4.98 Å². The summed E-state index contributed by atoms with van der Waals surface area (Å²) in [5, 5.41) is 4.85. The Labute approximate surface area is 235 Å². The van der Waals surface area contributed by atoms with Crippen LogP contribution in [0.4, 0.5) is 0 Å². The number of oxazole rings is 1. The van der Waals surface area contributed by atoms with Crippen molar-refractivity contribution >= 4 is 54.7 Å². The quantitative estimate of drug-likeness (QED) is 0.249. The van der Waals surface area contributed by atoms with Gasteiger partial charge < -0.3 is 14.0 Å². The molecule has 8 aromatic rings. The number of fused-ring (bicyclic) bond motifs is 7. The number of hydrogen-bond acceptors (Lipinski definition) is 2. The van der Waals surface area contributed by atoms with Crippen LogP contribution in [0.25, 0.3) is 71.5 Å². The summed E-state index contributed by atoms with van der Waals surface area (Å²) in [5.41, 5.74) is 9.84. The predicted molar refractivity (Wildman–Crippen MR) is 169 cm³/mol. The number of nitrogens with zero attached hydrogens (tertiary/aromatic N) is 2. The average Bonchev–Trinajstić information content (AvgIpc) is 3.71. The molecule has 41 heavy (non-hydrogen) atoms. The molecule has 0 radical (unpaired) electrons. The third kappa shape index (κ3) is 3.44. The van der Waals surface area contributed by atoms with Gasteiger partial charge >= 0.3 is 0 Å². The Morgan fingerprint density at radius 1 is 0.683 bits per heavy atom. The molecule has 0 aliphatic heterocycles. The van der Waals surface area contributed by atoms with Crippen LogP contribution in [0.5, 0.6) is 0 Å². The first-order valence-electron chi connectivity index (χ1n) is 14.1. The molecule has 3 aromatic heterocycles. The van der Waals surface area contributed by atoms with E-state index in [9.17, 15) is 0 Å². The van der Waals surface area contributed by atoms with Crippen LogP contribution in [0.3, 0.4) is 0 Å². The third-order valence-electron chi connectivity index (χ3n) is 8.44. The van der Waals surface area contributed by atoms with Crippen LogP contribution in [0.2, 0.25) is 0 Å². The normalized spacial score (nSPS) is 15.3. The molecule has 4 nitrogen and oxygen atoms in total. The lowest BCUT2D eigenvalue weighted by Gasteiger charge is -2.08. The number of hydrogen-bond donors (Lipinski definition) is 1. The fourth-order valence-corrected chi connectivity index (χ4v) is 6.44. The van der Waals surface area contributed by atoms with Crippen LogP contribution < -0.4 is 0 Å². The fourth-order valence-electron chi connectivity index (χ4n) is 6.44. The van der Waals surface area contributed by atoms with Crippen molar-refractivity contribution in [2.24, 2.45) is 0 Å². The summed E-state index contributed by atoms with van der Waals surface area (Å²) in [6, 6.07) is 36.9. The van der Waals surface area contributed by atoms with Crippen molar-refractivity contribution in [2.75, 3.05) is 0 Å². The molecule has 1 aliphatic carbocycles. The van der Waals surface area contributed by atoms with E-state index in [2.05, 4.69) is 137 Å². The molecule has 0 amide bonds. The summed E-state index contributed by atoms with van der Waals surface area (Å²) < 4.78 is 8.71. The van der Waals surface area contributed by atoms with Crippen molar-refractivity contribution in [1.82, 2.24) is 14.5 Å². The highest BCUT2D eigenvalue weighted by molar-refractivity contribution is 6.14. The van der Waals surface area contributed by atoms with Crippen LogP contribution in [-0.2, 0) is 0 Å². The molecular weight excluding hydrogens is 502 g/mol. The summed E-state index contributed by atoms with van der Waals surface area (Å²) >= 11 is 0. The van der Waals surface area contributed by atoms with E-state index in [-0.39, 0.29) is 5.92 Å². The van der Waals surface area contributed by atoms with E-state index in [1.807, 2.05) is 0 Å². The van der Waals surface area contributed by atoms with Crippen molar-refractivity contribution in [3.05, 3.63) is 133 Å².